The summed E-state index contributed by atoms with van der Waals surface area (Å²) in [4.78, 5) is 16.5. The van der Waals surface area contributed by atoms with E-state index in [9.17, 15) is 13.2 Å². The Bertz CT molecular complexity index is 923. The van der Waals surface area contributed by atoms with Gasteiger partial charge in [-0.1, -0.05) is 0 Å². The van der Waals surface area contributed by atoms with Crippen molar-refractivity contribution < 1.29 is 17.7 Å². The molecule has 0 spiro atoms. The molecule has 0 unspecified atom stereocenters. The number of aromatic nitrogens is 1. The van der Waals surface area contributed by atoms with Crippen molar-refractivity contribution in [3.63, 3.8) is 0 Å². The lowest BCUT2D eigenvalue weighted by atomic mass is 10.0. The van der Waals surface area contributed by atoms with Crippen molar-refractivity contribution in [2.24, 2.45) is 0 Å². The fourth-order valence-corrected chi connectivity index (χ4v) is 3.55. The first-order valence-corrected chi connectivity index (χ1v) is 9.52. The van der Waals surface area contributed by atoms with E-state index in [2.05, 4.69) is 4.98 Å². The molecule has 8 heteroatoms. The molecular formula is C17H20N2O5S. The van der Waals surface area contributed by atoms with Crippen LogP contribution in [0, 0.1) is 0 Å². The zero-order chi connectivity index (χ0) is 18.0. The molecule has 134 valence electrons. The summed E-state index contributed by atoms with van der Waals surface area (Å²) in [5, 5.41) is 0. The first-order valence-electron chi connectivity index (χ1n) is 8.08. The van der Waals surface area contributed by atoms with Crippen LogP contribution in [0.2, 0.25) is 0 Å². The Morgan fingerprint density at radius 2 is 2.16 bits per heavy atom. The smallest absolute Gasteiger partial charge is 0.294 e. The first kappa shape index (κ1) is 17.5. The summed E-state index contributed by atoms with van der Waals surface area (Å²) in [6.45, 7) is 3.20. The lowest BCUT2D eigenvalue weighted by Gasteiger charge is -2.31. The van der Waals surface area contributed by atoms with Crippen molar-refractivity contribution in [1.29, 1.82) is 0 Å². The maximum Gasteiger partial charge on any atom is 0.294 e. The van der Waals surface area contributed by atoms with Gasteiger partial charge in [-0.3, -0.25) is 9.35 Å². The zero-order valence-electron chi connectivity index (χ0n) is 13.8. The van der Waals surface area contributed by atoms with E-state index in [1.165, 1.54) is 12.1 Å². The molecule has 1 aromatic heterocycles. The second kappa shape index (κ2) is 6.89. The molecule has 0 saturated heterocycles. The molecule has 7 nitrogen and oxygen atoms in total. The van der Waals surface area contributed by atoms with Gasteiger partial charge in [0.1, 0.15) is 17.5 Å². The molecule has 0 aliphatic carbocycles. The van der Waals surface area contributed by atoms with E-state index in [-0.39, 0.29) is 16.6 Å². The topological polar surface area (TPSA) is 99.7 Å². The minimum atomic E-state index is -4.22. The summed E-state index contributed by atoms with van der Waals surface area (Å²) in [7, 11) is -4.22. The Balaban J connectivity index is 1.77. The second-order valence-electron chi connectivity index (χ2n) is 5.95. The minimum Gasteiger partial charge on any atom is -0.488 e. The number of aromatic amines is 1. The van der Waals surface area contributed by atoms with Crippen molar-refractivity contribution in [3.8, 4) is 5.75 Å². The number of hydrogen-bond acceptors (Lipinski definition) is 5. The Labute approximate surface area is 146 Å². The number of rotatable bonds is 5. The van der Waals surface area contributed by atoms with Crippen LogP contribution in [-0.2, 0) is 16.5 Å². The Morgan fingerprint density at radius 1 is 1.36 bits per heavy atom. The highest BCUT2D eigenvalue weighted by atomic mass is 32.2. The van der Waals surface area contributed by atoms with Crippen molar-refractivity contribution in [1.82, 2.24) is 4.98 Å². The van der Waals surface area contributed by atoms with Crippen LogP contribution >= 0.6 is 0 Å². The summed E-state index contributed by atoms with van der Waals surface area (Å²) in [5.41, 5.74) is 1.21. The van der Waals surface area contributed by atoms with Crippen LogP contribution in [0.3, 0.4) is 0 Å². The van der Waals surface area contributed by atoms with E-state index in [1.807, 2.05) is 11.8 Å². The summed E-state index contributed by atoms with van der Waals surface area (Å²) >= 11 is 0. The molecule has 0 fully saturated rings. The lowest BCUT2D eigenvalue weighted by molar-refractivity contribution is 0.178. The van der Waals surface area contributed by atoms with Crippen molar-refractivity contribution >= 4 is 15.8 Å². The molecule has 1 aliphatic heterocycles. The van der Waals surface area contributed by atoms with Gasteiger partial charge in [-0.05, 0) is 55.7 Å². The predicted octanol–water partition coefficient (Wildman–Crippen LogP) is 1.84. The van der Waals surface area contributed by atoms with Crippen LogP contribution in [0.5, 0.6) is 5.75 Å². The Hall–Kier alpha value is -2.32. The van der Waals surface area contributed by atoms with Crippen molar-refractivity contribution in [2.45, 2.75) is 30.8 Å². The van der Waals surface area contributed by atoms with Gasteiger partial charge in [0.15, 0.2) is 0 Å². The highest BCUT2D eigenvalue weighted by molar-refractivity contribution is 7.85. The molecule has 0 radical (unpaired) electrons. The van der Waals surface area contributed by atoms with Crippen LogP contribution in [0.4, 0.5) is 5.69 Å². The van der Waals surface area contributed by atoms with E-state index in [4.69, 9.17) is 9.29 Å². The van der Waals surface area contributed by atoms with Gasteiger partial charge in [0.25, 0.3) is 15.7 Å². The average molecular weight is 364 g/mol. The van der Waals surface area contributed by atoms with Crippen LogP contribution in [0.25, 0.3) is 0 Å². The molecule has 1 atom stereocenters. The van der Waals surface area contributed by atoms with Gasteiger partial charge in [-0.25, -0.2) is 0 Å². The number of fused-ring (bicyclic) bond motifs is 1. The maximum absolute atomic E-state index is 12.0. The Kier molecular flexibility index (Phi) is 4.82. The molecule has 0 amide bonds. The quantitative estimate of drug-likeness (QED) is 0.786. The number of likely N-dealkylation sites (N-methyl/N-ethyl adjacent to an activating group) is 1. The largest absolute Gasteiger partial charge is 0.488 e. The van der Waals surface area contributed by atoms with Gasteiger partial charge in [-0.15, -0.1) is 0 Å². The Morgan fingerprint density at radius 3 is 2.84 bits per heavy atom. The molecule has 0 bridgehead atoms. The SMILES string of the molecule is CCN(C[C@H]1CCc2cc(S(=O)(=O)O)ccc2O1)c1ccc[nH]c1=O. The first-order chi connectivity index (χ1) is 11.9. The summed E-state index contributed by atoms with van der Waals surface area (Å²) in [6.07, 6.45) is 2.83. The molecule has 25 heavy (non-hydrogen) atoms. The molecular weight excluding hydrogens is 344 g/mol. The van der Waals surface area contributed by atoms with Crippen LogP contribution in [0.1, 0.15) is 18.9 Å². The molecule has 1 aliphatic rings. The fourth-order valence-electron chi connectivity index (χ4n) is 3.02. The lowest BCUT2D eigenvalue weighted by Crippen LogP contribution is -2.39. The average Bonchev–Trinajstić information content (AvgIpc) is 2.59. The number of aryl methyl sites for hydroxylation is 1. The monoisotopic (exact) mass is 364 g/mol. The summed E-state index contributed by atoms with van der Waals surface area (Å²) < 4.78 is 37.6. The van der Waals surface area contributed by atoms with Crippen LogP contribution in [-0.4, -0.2) is 37.1 Å². The number of nitrogens with zero attached hydrogens (tertiary/aromatic N) is 1. The van der Waals surface area contributed by atoms with Crippen molar-refractivity contribution in [3.05, 3.63) is 52.4 Å². The normalized spacial score (nSPS) is 16.8. The van der Waals surface area contributed by atoms with Gasteiger partial charge in [0.05, 0.1) is 11.4 Å². The highest BCUT2D eigenvalue weighted by Gasteiger charge is 2.24. The number of ether oxygens (including phenoxy) is 1. The number of anilines is 1. The second-order valence-corrected chi connectivity index (χ2v) is 7.37. The molecule has 2 aromatic rings. The van der Waals surface area contributed by atoms with Crippen LogP contribution < -0.4 is 15.2 Å². The minimum absolute atomic E-state index is 0.108. The third-order valence-electron chi connectivity index (χ3n) is 4.30. The maximum atomic E-state index is 12.0. The number of nitrogens with one attached hydrogen (secondary N) is 1. The van der Waals surface area contributed by atoms with Gasteiger partial charge >= 0.3 is 0 Å². The molecule has 0 saturated carbocycles. The zero-order valence-corrected chi connectivity index (χ0v) is 14.6. The summed E-state index contributed by atoms with van der Waals surface area (Å²) in [6, 6.07) is 7.90. The third kappa shape index (κ3) is 3.85. The number of benzene rings is 1. The van der Waals surface area contributed by atoms with Gasteiger partial charge in [0, 0.05) is 12.7 Å². The van der Waals surface area contributed by atoms with Crippen molar-refractivity contribution in [2.75, 3.05) is 18.0 Å². The number of hydrogen-bond donors (Lipinski definition) is 2. The van der Waals surface area contributed by atoms with Gasteiger partial charge in [-0.2, -0.15) is 8.42 Å². The fraction of sp³-hybridized carbons (Fsp3) is 0.353. The van der Waals surface area contributed by atoms with E-state index in [1.54, 1.807) is 24.4 Å². The predicted molar refractivity (Wildman–Crippen MR) is 93.9 cm³/mol. The molecule has 2 heterocycles. The third-order valence-corrected chi connectivity index (χ3v) is 5.15. The molecule has 2 N–H and O–H groups in total. The number of H-pyrrole nitrogens is 1. The van der Waals surface area contributed by atoms with E-state index in [0.29, 0.717) is 37.4 Å². The van der Waals surface area contributed by atoms with Gasteiger partial charge in [0.2, 0.25) is 0 Å². The number of pyridine rings is 1. The molecule has 3 rings (SSSR count). The molecule has 1 aromatic carbocycles. The van der Waals surface area contributed by atoms with Crippen LogP contribution in [0.15, 0.2) is 46.2 Å². The van der Waals surface area contributed by atoms with E-state index >= 15 is 0 Å². The van der Waals surface area contributed by atoms with Gasteiger partial charge < -0.3 is 14.6 Å². The van der Waals surface area contributed by atoms with E-state index in [0.717, 1.165) is 5.56 Å². The highest BCUT2D eigenvalue weighted by Crippen LogP contribution is 2.30. The summed E-state index contributed by atoms with van der Waals surface area (Å²) in [5.74, 6) is 0.613. The standard InChI is InChI=1S/C17H20N2O5S/c1-2-19(15-4-3-9-18-17(15)20)11-13-6-5-12-10-14(25(21,22)23)7-8-16(12)24-13/h3-4,7-10,13H,2,5-6,11H2,1H3,(H,18,20)(H,21,22,23)/t13-/m1/s1. The van der Waals surface area contributed by atoms with E-state index < -0.39 is 10.1 Å².